The van der Waals surface area contributed by atoms with Crippen LogP contribution in [-0.4, -0.2) is 40.0 Å². The van der Waals surface area contributed by atoms with Crippen LogP contribution in [0.5, 0.6) is 17.2 Å². The second-order valence-corrected chi connectivity index (χ2v) is 9.07. The van der Waals surface area contributed by atoms with Crippen LogP contribution >= 0.6 is 15.9 Å². The number of halogens is 1. The number of ketones is 3. The molecule has 1 N–H and O–H groups in total. The Kier molecular flexibility index (Phi) is 13.9. The van der Waals surface area contributed by atoms with Crippen LogP contribution in [0.25, 0.3) is 0 Å². The molecule has 3 aromatic rings. The molecule has 0 spiro atoms. The standard InChI is InChI=1S/C11H13BrO2.C11H14O2.C8H8O2/c1-8(2)14-11-6-4-3-5-9(11)10(13)7-12;1-8(2)13-11-7-5-4-6-10(11)9(3)12;1-6(9)7-4-2-3-5-8(7)10/h3-6,8H,7H2,1-2H3;4-8H,1-3H3;2-5,10H,1H3. The molecule has 3 aromatic carbocycles. The number of para-hydroxylation sites is 3. The first kappa shape index (κ1) is 31.6. The highest BCUT2D eigenvalue weighted by atomic mass is 79.9. The van der Waals surface area contributed by atoms with Gasteiger partial charge in [0.05, 0.1) is 34.2 Å². The number of ether oxygens (including phenoxy) is 2. The topological polar surface area (TPSA) is 89.9 Å². The van der Waals surface area contributed by atoms with E-state index in [1.807, 2.05) is 64.1 Å². The normalized spacial score (nSPS) is 9.97. The third kappa shape index (κ3) is 11.4. The summed E-state index contributed by atoms with van der Waals surface area (Å²) in [7, 11) is 0. The molecule has 0 saturated heterocycles. The van der Waals surface area contributed by atoms with Crippen molar-refractivity contribution in [2.45, 2.75) is 53.8 Å². The predicted octanol–water partition coefficient (Wildman–Crippen LogP) is 7.32. The lowest BCUT2D eigenvalue weighted by atomic mass is 10.1. The third-order valence-electron chi connectivity index (χ3n) is 4.58. The highest BCUT2D eigenvalue weighted by Gasteiger charge is 2.11. The van der Waals surface area contributed by atoms with Crippen LogP contribution in [-0.2, 0) is 0 Å². The summed E-state index contributed by atoms with van der Waals surface area (Å²) in [4.78, 5) is 33.4. The van der Waals surface area contributed by atoms with Gasteiger partial charge in [-0.2, -0.15) is 0 Å². The summed E-state index contributed by atoms with van der Waals surface area (Å²) in [6, 6.07) is 21.1. The summed E-state index contributed by atoms with van der Waals surface area (Å²) in [6.45, 7) is 10.7. The maximum atomic E-state index is 11.5. The largest absolute Gasteiger partial charge is 0.507 e. The summed E-state index contributed by atoms with van der Waals surface area (Å²) in [5.74, 6) is 1.35. The molecule has 0 amide bonds. The molecular formula is C30H35BrO6. The quantitative estimate of drug-likeness (QED) is 0.225. The van der Waals surface area contributed by atoms with E-state index in [-0.39, 0.29) is 35.3 Å². The van der Waals surface area contributed by atoms with Crippen LogP contribution in [0.3, 0.4) is 0 Å². The Hall–Kier alpha value is -3.45. The summed E-state index contributed by atoms with van der Waals surface area (Å²) < 4.78 is 11.0. The number of phenolic OH excluding ortho intramolecular Hbond substituents is 1. The summed E-state index contributed by atoms with van der Waals surface area (Å²) >= 11 is 3.15. The number of carbonyl (C=O) groups excluding carboxylic acids is 3. The number of phenols is 1. The van der Waals surface area contributed by atoms with Crippen molar-refractivity contribution >= 4 is 33.3 Å². The van der Waals surface area contributed by atoms with E-state index in [2.05, 4.69) is 15.9 Å². The van der Waals surface area contributed by atoms with Crippen molar-refractivity contribution in [1.82, 2.24) is 0 Å². The molecule has 198 valence electrons. The number of benzene rings is 3. The fraction of sp³-hybridized carbons (Fsp3) is 0.300. The number of Topliss-reactive ketones (excluding diaryl/α,β-unsaturated/α-hetero) is 3. The van der Waals surface area contributed by atoms with E-state index in [0.29, 0.717) is 33.5 Å². The fourth-order valence-electron chi connectivity index (χ4n) is 3.01. The van der Waals surface area contributed by atoms with E-state index in [9.17, 15) is 14.4 Å². The van der Waals surface area contributed by atoms with Crippen molar-refractivity contribution in [1.29, 1.82) is 0 Å². The van der Waals surface area contributed by atoms with E-state index in [1.165, 1.54) is 13.0 Å². The van der Waals surface area contributed by atoms with E-state index in [0.717, 1.165) is 0 Å². The maximum Gasteiger partial charge on any atom is 0.177 e. The van der Waals surface area contributed by atoms with Gasteiger partial charge in [0.2, 0.25) is 0 Å². The van der Waals surface area contributed by atoms with Crippen molar-refractivity contribution in [3.63, 3.8) is 0 Å². The zero-order valence-corrected chi connectivity index (χ0v) is 23.7. The zero-order chi connectivity index (χ0) is 28.0. The highest BCUT2D eigenvalue weighted by molar-refractivity contribution is 9.09. The number of hydrogen-bond donors (Lipinski definition) is 1. The van der Waals surface area contributed by atoms with Gasteiger partial charge >= 0.3 is 0 Å². The predicted molar refractivity (Wildman–Crippen MR) is 151 cm³/mol. The van der Waals surface area contributed by atoms with E-state index in [1.54, 1.807) is 37.3 Å². The average Bonchev–Trinajstić information content (AvgIpc) is 2.84. The molecule has 0 aliphatic heterocycles. The Morgan fingerprint density at radius 3 is 1.43 bits per heavy atom. The molecule has 0 saturated carbocycles. The molecule has 37 heavy (non-hydrogen) atoms. The maximum absolute atomic E-state index is 11.5. The van der Waals surface area contributed by atoms with Crippen LogP contribution in [0, 0.1) is 0 Å². The van der Waals surface area contributed by atoms with Gasteiger partial charge in [-0.1, -0.05) is 52.3 Å². The van der Waals surface area contributed by atoms with Crippen molar-refractivity contribution in [2.75, 3.05) is 5.33 Å². The minimum absolute atomic E-state index is 0.0382. The molecule has 0 fully saturated rings. The van der Waals surface area contributed by atoms with Crippen LogP contribution in [0.15, 0.2) is 72.8 Å². The van der Waals surface area contributed by atoms with Gasteiger partial charge in [-0.05, 0) is 77.9 Å². The molecule has 3 rings (SSSR count). The minimum atomic E-state index is -0.113. The number of alkyl halides is 1. The monoisotopic (exact) mass is 570 g/mol. The summed E-state index contributed by atoms with van der Waals surface area (Å²) in [5.41, 5.74) is 1.66. The highest BCUT2D eigenvalue weighted by Crippen LogP contribution is 2.21. The first-order chi connectivity index (χ1) is 17.5. The first-order valence-electron chi connectivity index (χ1n) is 11.9. The summed E-state index contributed by atoms with van der Waals surface area (Å²) in [6.07, 6.45) is 0.180. The van der Waals surface area contributed by atoms with E-state index >= 15 is 0 Å². The molecule has 0 unspecified atom stereocenters. The molecule has 0 radical (unpaired) electrons. The molecule has 0 heterocycles. The Morgan fingerprint density at radius 2 is 1.05 bits per heavy atom. The van der Waals surface area contributed by atoms with Crippen molar-refractivity contribution in [2.24, 2.45) is 0 Å². The number of carbonyl (C=O) groups is 3. The Bertz CT molecular complexity index is 1170. The average molecular weight is 572 g/mol. The van der Waals surface area contributed by atoms with Crippen LogP contribution in [0.1, 0.15) is 72.6 Å². The minimum Gasteiger partial charge on any atom is -0.507 e. The Labute approximate surface area is 227 Å². The number of rotatable bonds is 8. The van der Waals surface area contributed by atoms with Crippen molar-refractivity contribution < 1.29 is 29.0 Å². The SMILES string of the molecule is CC(=O)c1ccccc1O.CC(=O)c1ccccc1OC(C)C.CC(C)Oc1ccccc1C(=O)CBr. The van der Waals surface area contributed by atoms with Gasteiger partial charge in [-0.25, -0.2) is 0 Å². The van der Waals surface area contributed by atoms with Gasteiger partial charge in [-0.3, -0.25) is 14.4 Å². The zero-order valence-electron chi connectivity index (χ0n) is 22.2. The van der Waals surface area contributed by atoms with Crippen LogP contribution in [0.4, 0.5) is 0 Å². The second-order valence-electron chi connectivity index (χ2n) is 8.51. The molecule has 0 bridgehead atoms. The molecule has 0 aliphatic carbocycles. The van der Waals surface area contributed by atoms with Gasteiger partial charge in [0.25, 0.3) is 0 Å². The molecule has 6 nitrogen and oxygen atoms in total. The van der Waals surface area contributed by atoms with E-state index < -0.39 is 0 Å². The second kappa shape index (κ2) is 16.3. The summed E-state index contributed by atoms with van der Waals surface area (Å²) in [5, 5.41) is 9.38. The van der Waals surface area contributed by atoms with Crippen molar-refractivity contribution in [3.8, 4) is 17.2 Å². The van der Waals surface area contributed by atoms with Crippen LogP contribution < -0.4 is 9.47 Å². The van der Waals surface area contributed by atoms with Gasteiger partial charge in [0, 0.05) is 0 Å². The lowest BCUT2D eigenvalue weighted by molar-refractivity contribution is 0.1000. The third-order valence-corrected chi connectivity index (χ3v) is 5.09. The lowest BCUT2D eigenvalue weighted by Gasteiger charge is -2.12. The van der Waals surface area contributed by atoms with Gasteiger partial charge in [0.15, 0.2) is 17.3 Å². The molecule has 0 atom stereocenters. The molecule has 0 aliphatic rings. The Balaban J connectivity index is 0.000000281. The van der Waals surface area contributed by atoms with Gasteiger partial charge in [-0.15, -0.1) is 0 Å². The molecule has 7 heteroatoms. The van der Waals surface area contributed by atoms with Gasteiger partial charge < -0.3 is 14.6 Å². The number of hydrogen-bond acceptors (Lipinski definition) is 6. The van der Waals surface area contributed by atoms with Gasteiger partial charge in [0.1, 0.15) is 17.2 Å². The van der Waals surface area contributed by atoms with Crippen LogP contribution in [0.2, 0.25) is 0 Å². The smallest absolute Gasteiger partial charge is 0.177 e. The lowest BCUT2D eigenvalue weighted by Crippen LogP contribution is -2.10. The van der Waals surface area contributed by atoms with Crippen molar-refractivity contribution in [3.05, 3.63) is 89.5 Å². The fourth-order valence-corrected chi connectivity index (χ4v) is 3.31. The molecular weight excluding hydrogens is 536 g/mol. The Morgan fingerprint density at radius 1 is 0.676 bits per heavy atom. The number of aromatic hydroxyl groups is 1. The molecule has 0 aromatic heterocycles. The first-order valence-corrected chi connectivity index (χ1v) is 13.0. The van der Waals surface area contributed by atoms with E-state index in [4.69, 9.17) is 14.6 Å².